The first-order valence-corrected chi connectivity index (χ1v) is 8.95. The molecule has 150 valence electrons. The van der Waals surface area contributed by atoms with Crippen LogP contribution < -0.4 is 10.9 Å². The highest BCUT2D eigenvalue weighted by atomic mass is 32.1. The zero-order valence-corrected chi connectivity index (χ0v) is 18.2. The van der Waals surface area contributed by atoms with Crippen LogP contribution in [0.2, 0.25) is 0 Å². The van der Waals surface area contributed by atoms with Gasteiger partial charge in [0.1, 0.15) is 0 Å². The quantitative estimate of drug-likeness (QED) is 0.387. The van der Waals surface area contributed by atoms with Gasteiger partial charge in [0.25, 0.3) is 0 Å². The Morgan fingerprint density at radius 1 is 0.857 bits per heavy atom. The van der Waals surface area contributed by atoms with Gasteiger partial charge in [-0.2, -0.15) is 10.2 Å². The van der Waals surface area contributed by atoms with Gasteiger partial charge >= 0.3 is 0 Å². The van der Waals surface area contributed by atoms with Gasteiger partial charge in [-0.1, -0.05) is 6.07 Å². The van der Waals surface area contributed by atoms with E-state index in [1.165, 1.54) is 13.8 Å². The Morgan fingerprint density at radius 2 is 1.21 bits per heavy atom. The highest BCUT2D eigenvalue weighted by Crippen LogP contribution is 2.05. The first-order chi connectivity index (χ1) is 13.0. The number of carbonyl (C=O) groups is 2. The summed E-state index contributed by atoms with van der Waals surface area (Å²) in [5.74, 6) is -0.626. The highest BCUT2D eigenvalue weighted by molar-refractivity contribution is 7.80. The second kappa shape index (κ2) is 10.5. The lowest BCUT2D eigenvalue weighted by Crippen LogP contribution is -2.33. The van der Waals surface area contributed by atoms with Gasteiger partial charge < -0.3 is 9.80 Å². The van der Waals surface area contributed by atoms with E-state index in [-0.39, 0.29) is 34.4 Å². The van der Waals surface area contributed by atoms with E-state index in [0.717, 1.165) is 0 Å². The average molecular weight is 422 g/mol. The summed E-state index contributed by atoms with van der Waals surface area (Å²) in [6.07, 6.45) is 0. The predicted octanol–water partition coefficient (Wildman–Crippen LogP) is 0.540. The summed E-state index contributed by atoms with van der Waals surface area (Å²) in [6.45, 7) is 2.73. The van der Waals surface area contributed by atoms with Gasteiger partial charge in [-0.15, -0.1) is 0 Å². The molecule has 0 amide bonds. The Bertz CT molecular complexity index is 782. The zero-order chi connectivity index (χ0) is 21.4. The number of ketones is 2. The van der Waals surface area contributed by atoms with Crippen LogP contribution in [0.25, 0.3) is 0 Å². The van der Waals surface area contributed by atoms with Crippen LogP contribution >= 0.6 is 24.4 Å². The number of carbonyl (C=O) groups excluding carboxylic acids is 2. The minimum Gasteiger partial charge on any atom is -0.354 e. The fraction of sp³-hybridized carbons (Fsp3) is 0.353. The molecule has 0 saturated heterocycles. The summed E-state index contributed by atoms with van der Waals surface area (Å²) < 4.78 is 0. The summed E-state index contributed by atoms with van der Waals surface area (Å²) in [5, 5.41) is 8.79. The molecule has 0 aromatic carbocycles. The van der Waals surface area contributed by atoms with Crippen molar-refractivity contribution in [1.29, 1.82) is 0 Å². The van der Waals surface area contributed by atoms with Crippen LogP contribution in [0.15, 0.2) is 28.4 Å². The molecule has 0 aliphatic heterocycles. The lowest BCUT2D eigenvalue weighted by molar-refractivity contribution is -0.111. The van der Waals surface area contributed by atoms with E-state index in [1.54, 1.807) is 56.2 Å². The lowest BCUT2D eigenvalue weighted by Gasteiger charge is -2.14. The molecule has 9 nitrogen and oxygen atoms in total. The summed E-state index contributed by atoms with van der Waals surface area (Å²) in [5.41, 5.74) is 5.99. The van der Waals surface area contributed by atoms with Gasteiger partial charge in [-0.25, -0.2) is 4.98 Å². The maximum Gasteiger partial charge on any atom is 0.189 e. The summed E-state index contributed by atoms with van der Waals surface area (Å²) in [6, 6.07) is 4.88. The van der Waals surface area contributed by atoms with Crippen LogP contribution in [0.3, 0.4) is 0 Å². The van der Waals surface area contributed by atoms with Crippen molar-refractivity contribution in [2.45, 2.75) is 13.8 Å². The number of pyridine rings is 1. The number of aromatic nitrogens is 1. The van der Waals surface area contributed by atoms with Crippen molar-refractivity contribution in [3.05, 3.63) is 29.6 Å². The number of Topliss-reactive ketones (excluding diaryl/α,β-unsaturated/α-hetero) is 2. The van der Waals surface area contributed by atoms with Gasteiger partial charge in [0.15, 0.2) is 33.2 Å². The van der Waals surface area contributed by atoms with E-state index in [1.807, 2.05) is 0 Å². The molecule has 1 aromatic rings. The SMILES string of the molecule is CC(=O)/C(=N\NC(=S)N(C)C)c1cccc(/C(=N/NC(=S)N(C)C)C(C)=O)n1. The molecule has 0 aliphatic rings. The number of hydrazone groups is 2. The number of nitrogens with one attached hydrogen (secondary N) is 2. The lowest BCUT2D eigenvalue weighted by atomic mass is 10.1. The normalized spacial score (nSPS) is 11.5. The van der Waals surface area contributed by atoms with Crippen molar-refractivity contribution in [2.75, 3.05) is 28.2 Å². The highest BCUT2D eigenvalue weighted by Gasteiger charge is 2.17. The average Bonchev–Trinajstić information content (AvgIpc) is 2.61. The van der Waals surface area contributed by atoms with Gasteiger partial charge in [-0.3, -0.25) is 20.4 Å². The van der Waals surface area contributed by atoms with Crippen LogP contribution in [-0.4, -0.2) is 76.2 Å². The second-order valence-electron chi connectivity index (χ2n) is 6.06. The van der Waals surface area contributed by atoms with Crippen LogP contribution in [0.5, 0.6) is 0 Å². The molecule has 0 radical (unpaired) electrons. The van der Waals surface area contributed by atoms with Gasteiger partial charge in [-0.05, 0) is 36.6 Å². The van der Waals surface area contributed by atoms with Gasteiger partial charge in [0.2, 0.25) is 0 Å². The van der Waals surface area contributed by atoms with E-state index >= 15 is 0 Å². The summed E-state index contributed by atoms with van der Waals surface area (Å²) >= 11 is 10.2. The topological polar surface area (TPSA) is 102 Å². The molecule has 0 spiro atoms. The number of thiocarbonyl (C=S) groups is 2. The number of nitrogens with zero attached hydrogens (tertiary/aromatic N) is 5. The fourth-order valence-corrected chi connectivity index (χ4v) is 1.83. The largest absolute Gasteiger partial charge is 0.354 e. The maximum atomic E-state index is 12.0. The van der Waals surface area contributed by atoms with Crippen LogP contribution in [0.4, 0.5) is 0 Å². The number of hydrogen-bond acceptors (Lipinski definition) is 7. The molecule has 0 fully saturated rings. The Hall–Kier alpha value is -2.79. The van der Waals surface area contributed by atoms with E-state index in [0.29, 0.717) is 10.2 Å². The molecule has 0 bridgehead atoms. The molecule has 2 N–H and O–H groups in total. The maximum absolute atomic E-state index is 12.0. The van der Waals surface area contributed by atoms with Gasteiger partial charge in [0.05, 0.1) is 11.4 Å². The number of rotatable bonds is 6. The fourth-order valence-electron chi connectivity index (χ4n) is 1.74. The molecule has 0 atom stereocenters. The Kier molecular flexibility index (Phi) is 8.74. The summed E-state index contributed by atoms with van der Waals surface area (Å²) in [4.78, 5) is 31.7. The Morgan fingerprint density at radius 3 is 1.50 bits per heavy atom. The van der Waals surface area contributed by atoms with Crippen molar-refractivity contribution in [3.63, 3.8) is 0 Å². The molecule has 1 heterocycles. The third kappa shape index (κ3) is 6.74. The first kappa shape index (κ1) is 23.2. The van der Waals surface area contributed by atoms with Crippen molar-refractivity contribution in [2.24, 2.45) is 10.2 Å². The number of hydrogen-bond donors (Lipinski definition) is 2. The molecule has 1 rings (SSSR count). The second-order valence-corrected chi connectivity index (χ2v) is 6.84. The van der Waals surface area contributed by atoms with Crippen LogP contribution in [0, 0.1) is 0 Å². The van der Waals surface area contributed by atoms with E-state index in [9.17, 15) is 9.59 Å². The van der Waals surface area contributed by atoms with Crippen molar-refractivity contribution < 1.29 is 9.59 Å². The zero-order valence-electron chi connectivity index (χ0n) is 16.6. The minimum absolute atomic E-state index is 0.0747. The van der Waals surface area contributed by atoms with E-state index in [2.05, 4.69) is 26.0 Å². The van der Waals surface area contributed by atoms with Crippen LogP contribution in [0.1, 0.15) is 25.2 Å². The summed E-state index contributed by atoms with van der Waals surface area (Å²) in [7, 11) is 6.99. The van der Waals surface area contributed by atoms with Crippen molar-refractivity contribution in [3.8, 4) is 0 Å². The molecule has 11 heteroatoms. The first-order valence-electron chi connectivity index (χ1n) is 8.14. The monoisotopic (exact) mass is 421 g/mol. The van der Waals surface area contributed by atoms with Crippen molar-refractivity contribution >= 4 is 57.7 Å². The third-order valence-electron chi connectivity index (χ3n) is 3.24. The molecular formula is C17H23N7O2S2. The standard InChI is InChI=1S/C17H23N7O2S2/c1-10(25)14(19-21-16(27)23(3)4)12-8-7-9-13(18-12)15(11(2)26)20-22-17(28)24(5)6/h7-9H,1-6H3,(H,21,27)(H,22,28)/b19-14+,20-15+. The molecular weight excluding hydrogens is 398 g/mol. The molecule has 0 aliphatic carbocycles. The smallest absolute Gasteiger partial charge is 0.189 e. The van der Waals surface area contributed by atoms with Crippen molar-refractivity contribution in [1.82, 2.24) is 25.6 Å². The predicted molar refractivity (Wildman–Crippen MR) is 118 cm³/mol. The molecule has 0 unspecified atom stereocenters. The Balaban J connectivity index is 3.29. The van der Waals surface area contributed by atoms with E-state index < -0.39 is 0 Å². The molecule has 0 saturated carbocycles. The Labute approximate surface area is 174 Å². The van der Waals surface area contributed by atoms with Gasteiger partial charge in [0, 0.05) is 42.0 Å². The molecule has 28 heavy (non-hydrogen) atoms. The molecule has 1 aromatic heterocycles. The minimum atomic E-state index is -0.313. The van der Waals surface area contributed by atoms with Crippen LogP contribution in [-0.2, 0) is 9.59 Å². The third-order valence-corrected chi connectivity index (χ3v) is 4.15. The van der Waals surface area contributed by atoms with E-state index in [4.69, 9.17) is 24.4 Å².